The number of aromatic nitrogens is 2. The predicted octanol–water partition coefficient (Wildman–Crippen LogP) is 4.13. The molecule has 3 heteroatoms. The lowest BCUT2D eigenvalue weighted by Crippen LogP contribution is -2.01. The first kappa shape index (κ1) is 13.3. The van der Waals surface area contributed by atoms with E-state index in [1.54, 1.807) is 0 Å². The molecule has 0 atom stereocenters. The average Bonchev–Trinajstić information content (AvgIpc) is 2.73. The van der Waals surface area contributed by atoms with Gasteiger partial charge in [-0.2, -0.15) is 5.10 Å². The van der Waals surface area contributed by atoms with Gasteiger partial charge in [-0.15, -0.1) is 0 Å². The summed E-state index contributed by atoms with van der Waals surface area (Å²) >= 11 is 3.46. The van der Waals surface area contributed by atoms with E-state index in [0.717, 1.165) is 18.2 Å². The van der Waals surface area contributed by atoms with Crippen LogP contribution < -0.4 is 0 Å². The Morgan fingerprint density at radius 1 is 1.17 bits per heavy atom. The number of hydrogen-bond acceptors (Lipinski definition) is 1. The van der Waals surface area contributed by atoms with Crippen LogP contribution in [0.2, 0.25) is 0 Å². The van der Waals surface area contributed by atoms with Gasteiger partial charge in [0.2, 0.25) is 0 Å². The highest BCUT2D eigenvalue weighted by molar-refractivity contribution is 9.09. The van der Waals surface area contributed by atoms with Gasteiger partial charge >= 0.3 is 0 Å². The van der Waals surface area contributed by atoms with Crippen molar-refractivity contribution in [3.63, 3.8) is 0 Å². The van der Waals surface area contributed by atoms with Crippen molar-refractivity contribution in [3.8, 4) is 5.69 Å². The molecular weight excluding hydrogens is 288 g/mol. The number of alkyl halides is 1. The van der Waals surface area contributed by atoms with Gasteiger partial charge in [-0.1, -0.05) is 33.6 Å². The summed E-state index contributed by atoms with van der Waals surface area (Å²) in [6, 6.07) is 4.42. The van der Waals surface area contributed by atoms with Crippen molar-refractivity contribution >= 4 is 15.9 Å². The van der Waals surface area contributed by atoms with E-state index in [9.17, 15) is 0 Å². The molecule has 2 rings (SSSR count). The monoisotopic (exact) mass is 306 g/mol. The fraction of sp³-hybridized carbons (Fsp3) is 0.400. The lowest BCUT2D eigenvalue weighted by molar-refractivity contribution is 0.861. The van der Waals surface area contributed by atoms with Gasteiger partial charge < -0.3 is 0 Å². The second-order valence-electron chi connectivity index (χ2n) is 4.83. The highest BCUT2D eigenvalue weighted by Gasteiger charge is 2.07. The molecule has 1 aromatic heterocycles. The van der Waals surface area contributed by atoms with Crippen LogP contribution in [-0.2, 0) is 6.42 Å². The highest BCUT2D eigenvalue weighted by atomic mass is 79.9. The molecule has 96 valence electrons. The van der Waals surface area contributed by atoms with Crippen molar-refractivity contribution in [1.29, 1.82) is 0 Å². The quantitative estimate of drug-likeness (QED) is 0.777. The normalized spacial score (nSPS) is 10.9. The maximum atomic E-state index is 4.49. The van der Waals surface area contributed by atoms with Crippen LogP contribution in [0.4, 0.5) is 0 Å². The van der Waals surface area contributed by atoms with Crippen molar-refractivity contribution < 1.29 is 0 Å². The summed E-state index contributed by atoms with van der Waals surface area (Å²) in [6.45, 7) is 6.43. The molecule has 0 saturated carbocycles. The molecule has 0 radical (unpaired) electrons. The second-order valence-corrected chi connectivity index (χ2v) is 5.63. The molecule has 0 amide bonds. The molecule has 2 aromatic rings. The Hall–Kier alpha value is -1.09. The molecule has 0 aliphatic rings. The summed E-state index contributed by atoms with van der Waals surface area (Å²) in [5.74, 6) is 0. The molecule has 0 spiro atoms. The zero-order valence-electron chi connectivity index (χ0n) is 11.2. The van der Waals surface area contributed by atoms with Crippen molar-refractivity contribution in [2.24, 2.45) is 0 Å². The molecule has 2 nitrogen and oxygen atoms in total. The van der Waals surface area contributed by atoms with Crippen LogP contribution in [0.3, 0.4) is 0 Å². The number of benzene rings is 1. The Labute approximate surface area is 117 Å². The Kier molecular flexibility index (Phi) is 4.23. The molecule has 1 aromatic carbocycles. The first-order valence-electron chi connectivity index (χ1n) is 6.29. The number of aryl methyl sites for hydroxylation is 4. The van der Waals surface area contributed by atoms with Crippen molar-refractivity contribution in [2.75, 3.05) is 5.33 Å². The van der Waals surface area contributed by atoms with Crippen molar-refractivity contribution in [3.05, 3.63) is 46.8 Å². The largest absolute Gasteiger partial charge is 0.240 e. The standard InChI is InChI=1S/C15H19BrN2/c1-11-7-12(2)15(13(3)8-11)18-10-14(9-17-18)5-4-6-16/h7-10H,4-6H2,1-3H3. The molecule has 1 heterocycles. The van der Waals surface area contributed by atoms with E-state index < -0.39 is 0 Å². The van der Waals surface area contributed by atoms with Gasteiger partial charge in [0.25, 0.3) is 0 Å². The van der Waals surface area contributed by atoms with E-state index in [4.69, 9.17) is 0 Å². The SMILES string of the molecule is Cc1cc(C)c(-n2cc(CCCBr)cn2)c(C)c1. The Bertz CT molecular complexity index is 520. The minimum atomic E-state index is 1.04. The summed E-state index contributed by atoms with van der Waals surface area (Å²) in [4.78, 5) is 0. The smallest absolute Gasteiger partial charge is 0.0704 e. The van der Waals surface area contributed by atoms with E-state index >= 15 is 0 Å². The van der Waals surface area contributed by atoms with Crippen molar-refractivity contribution in [1.82, 2.24) is 9.78 Å². The molecule has 18 heavy (non-hydrogen) atoms. The summed E-state index contributed by atoms with van der Waals surface area (Å²) in [7, 11) is 0. The average molecular weight is 307 g/mol. The van der Waals surface area contributed by atoms with E-state index in [0.29, 0.717) is 0 Å². The maximum Gasteiger partial charge on any atom is 0.0704 e. The predicted molar refractivity (Wildman–Crippen MR) is 79.9 cm³/mol. The van der Waals surface area contributed by atoms with Crippen LogP contribution in [0.5, 0.6) is 0 Å². The molecule has 0 unspecified atom stereocenters. The van der Waals surface area contributed by atoms with Gasteiger partial charge in [-0.25, -0.2) is 4.68 Å². The number of nitrogens with zero attached hydrogens (tertiary/aromatic N) is 2. The van der Waals surface area contributed by atoms with Crippen LogP contribution in [0.25, 0.3) is 5.69 Å². The zero-order valence-corrected chi connectivity index (χ0v) is 12.8. The van der Waals surface area contributed by atoms with Crippen LogP contribution in [-0.4, -0.2) is 15.1 Å². The van der Waals surface area contributed by atoms with E-state index in [-0.39, 0.29) is 0 Å². The maximum absolute atomic E-state index is 4.49. The molecule has 0 fully saturated rings. The fourth-order valence-corrected chi connectivity index (χ4v) is 2.70. The molecule has 0 aliphatic heterocycles. The summed E-state index contributed by atoms with van der Waals surface area (Å²) in [5, 5.41) is 5.53. The van der Waals surface area contributed by atoms with Gasteiger partial charge in [0.05, 0.1) is 11.9 Å². The zero-order chi connectivity index (χ0) is 13.1. The highest BCUT2D eigenvalue weighted by Crippen LogP contribution is 2.20. The molecular formula is C15H19BrN2. The number of halogens is 1. The van der Waals surface area contributed by atoms with Gasteiger partial charge in [-0.3, -0.25) is 0 Å². The summed E-state index contributed by atoms with van der Waals surface area (Å²) < 4.78 is 2.01. The number of hydrogen-bond donors (Lipinski definition) is 0. The van der Waals surface area contributed by atoms with Crippen LogP contribution >= 0.6 is 15.9 Å². The van der Waals surface area contributed by atoms with Gasteiger partial charge in [-0.05, 0) is 50.3 Å². The molecule has 0 aliphatic carbocycles. The second kappa shape index (κ2) is 5.70. The lowest BCUT2D eigenvalue weighted by Gasteiger charge is -2.11. The summed E-state index contributed by atoms with van der Waals surface area (Å²) in [5.41, 5.74) is 6.38. The van der Waals surface area contributed by atoms with Gasteiger partial charge in [0, 0.05) is 11.5 Å². The third-order valence-electron chi connectivity index (χ3n) is 3.10. The van der Waals surface area contributed by atoms with Crippen molar-refractivity contribution in [2.45, 2.75) is 33.6 Å². The minimum absolute atomic E-state index is 1.04. The molecule has 0 N–H and O–H groups in total. The third kappa shape index (κ3) is 2.83. The minimum Gasteiger partial charge on any atom is -0.240 e. The van der Waals surface area contributed by atoms with Gasteiger partial charge in [0.15, 0.2) is 0 Å². The lowest BCUT2D eigenvalue weighted by atomic mass is 10.1. The fourth-order valence-electron chi connectivity index (χ4n) is 2.42. The van der Waals surface area contributed by atoms with Gasteiger partial charge in [0.1, 0.15) is 0 Å². The van der Waals surface area contributed by atoms with E-state index in [1.807, 2.05) is 10.9 Å². The topological polar surface area (TPSA) is 17.8 Å². The summed E-state index contributed by atoms with van der Waals surface area (Å²) in [6.07, 6.45) is 6.35. The first-order valence-corrected chi connectivity index (χ1v) is 7.41. The third-order valence-corrected chi connectivity index (χ3v) is 3.66. The van der Waals surface area contributed by atoms with E-state index in [2.05, 4.69) is 60.1 Å². The molecule has 0 bridgehead atoms. The Balaban J connectivity index is 2.34. The van der Waals surface area contributed by atoms with Crippen LogP contribution in [0, 0.1) is 20.8 Å². The number of rotatable bonds is 4. The van der Waals surface area contributed by atoms with Crippen LogP contribution in [0.1, 0.15) is 28.7 Å². The van der Waals surface area contributed by atoms with E-state index in [1.165, 1.54) is 27.9 Å². The Morgan fingerprint density at radius 3 is 2.44 bits per heavy atom. The Morgan fingerprint density at radius 2 is 1.83 bits per heavy atom. The molecule has 0 saturated heterocycles. The van der Waals surface area contributed by atoms with Crippen LogP contribution in [0.15, 0.2) is 24.5 Å². The first-order chi connectivity index (χ1) is 8.61.